The molecule has 0 radical (unpaired) electrons. The van der Waals surface area contributed by atoms with Crippen molar-refractivity contribution in [2.45, 2.75) is 25.9 Å². The van der Waals surface area contributed by atoms with E-state index in [9.17, 15) is 9.59 Å². The fraction of sp³-hybridized carbons (Fsp3) is 0.500. The van der Waals surface area contributed by atoms with E-state index in [-0.39, 0.29) is 17.9 Å². The molecule has 1 N–H and O–H groups in total. The Morgan fingerprint density at radius 3 is 2.53 bits per heavy atom. The number of rotatable bonds is 5. The van der Waals surface area contributed by atoms with E-state index in [1.54, 1.807) is 6.20 Å². The Hall–Kier alpha value is -2.87. The maximum absolute atomic E-state index is 12.6. The molecule has 0 unspecified atom stereocenters. The maximum Gasteiger partial charge on any atom is 0.317 e. The van der Waals surface area contributed by atoms with E-state index in [1.807, 2.05) is 38.9 Å². The number of nitrogens with one attached hydrogen (secondary N) is 1. The lowest BCUT2D eigenvalue weighted by molar-refractivity contribution is -0.141. The molecule has 8 heteroatoms. The number of carbonyl (C=O) groups excluding carboxylic acids is 2. The molecule has 3 heterocycles. The summed E-state index contributed by atoms with van der Waals surface area (Å²) in [5, 5.41) is 7.25. The van der Waals surface area contributed by atoms with Crippen LogP contribution >= 0.6 is 0 Å². The zero-order valence-electron chi connectivity index (χ0n) is 17.2. The van der Waals surface area contributed by atoms with E-state index < -0.39 is 0 Å². The van der Waals surface area contributed by atoms with Gasteiger partial charge in [-0.1, -0.05) is 24.3 Å². The number of hydrogen-bond acceptors (Lipinski definition) is 4. The first kappa shape index (κ1) is 20.4. The van der Waals surface area contributed by atoms with Crippen molar-refractivity contribution in [1.29, 1.82) is 0 Å². The minimum absolute atomic E-state index is 0.0196. The Balaban J connectivity index is 1.23. The molecule has 0 spiro atoms. The third-order valence-corrected chi connectivity index (χ3v) is 5.79. The number of piperidine rings is 1. The average Bonchev–Trinajstić information content (AvgIpc) is 3.31. The third kappa shape index (κ3) is 5.18. The van der Waals surface area contributed by atoms with E-state index in [2.05, 4.69) is 22.5 Å². The molecule has 1 aromatic carbocycles. The van der Waals surface area contributed by atoms with Crippen molar-refractivity contribution >= 4 is 11.9 Å². The molecule has 8 nitrogen and oxygen atoms in total. The fourth-order valence-electron chi connectivity index (χ4n) is 4.08. The van der Waals surface area contributed by atoms with Gasteiger partial charge >= 0.3 is 6.03 Å². The molecule has 2 saturated heterocycles. The SMILES string of the molecule is O=C(NCc1cccc(Cn2cccn2)c1)N1CCC(C(=O)N2CCOCC2)CC1. The first-order chi connectivity index (χ1) is 14.7. The number of carbonyl (C=O) groups is 2. The second-order valence-corrected chi connectivity index (χ2v) is 7.88. The van der Waals surface area contributed by atoms with Crippen LogP contribution in [0.5, 0.6) is 0 Å². The predicted molar refractivity (Wildman–Crippen MR) is 112 cm³/mol. The number of benzene rings is 1. The van der Waals surface area contributed by atoms with Gasteiger partial charge in [0.15, 0.2) is 0 Å². The van der Waals surface area contributed by atoms with E-state index in [1.165, 1.54) is 0 Å². The van der Waals surface area contributed by atoms with Crippen LogP contribution < -0.4 is 5.32 Å². The van der Waals surface area contributed by atoms with Crippen molar-refractivity contribution in [3.8, 4) is 0 Å². The standard InChI is InChI=1S/C22H29N5O3/c28-21(25-11-13-30-14-12-25)20-5-9-26(10-6-20)22(29)23-16-18-3-1-4-19(15-18)17-27-8-2-7-24-27/h1-4,7-8,15,20H,5-6,9-14,16-17H2,(H,23,29). The summed E-state index contributed by atoms with van der Waals surface area (Å²) in [6.45, 7) is 5.03. The second kappa shape index (κ2) is 9.75. The molecular weight excluding hydrogens is 382 g/mol. The topological polar surface area (TPSA) is 79.7 Å². The minimum atomic E-state index is -0.0650. The normalized spacial score (nSPS) is 17.7. The Morgan fingerprint density at radius 2 is 1.80 bits per heavy atom. The predicted octanol–water partition coefficient (Wildman–Crippen LogP) is 1.71. The maximum atomic E-state index is 12.6. The molecule has 2 fully saturated rings. The molecule has 0 aliphatic carbocycles. The van der Waals surface area contributed by atoms with Crippen molar-refractivity contribution < 1.29 is 14.3 Å². The van der Waals surface area contributed by atoms with Crippen LogP contribution in [0.3, 0.4) is 0 Å². The van der Waals surface area contributed by atoms with E-state index in [0.29, 0.717) is 52.5 Å². The molecule has 2 aliphatic rings. The number of urea groups is 1. The molecule has 160 valence electrons. The minimum Gasteiger partial charge on any atom is -0.378 e. The van der Waals surface area contributed by atoms with Gasteiger partial charge in [-0.15, -0.1) is 0 Å². The summed E-state index contributed by atoms with van der Waals surface area (Å²) < 4.78 is 7.20. The fourth-order valence-corrected chi connectivity index (χ4v) is 4.08. The lowest BCUT2D eigenvalue weighted by atomic mass is 9.95. The van der Waals surface area contributed by atoms with Crippen LogP contribution in [0, 0.1) is 5.92 Å². The molecule has 3 amide bonds. The van der Waals surface area contributed by atoms with E-state index >= 15 is 0 Å². The number of aromatic nitrogens is 2. The van der Waals surface area contributed by atoms with Gasteiger partial charge in [-0.25, -0.2) is 4.79 Å². The Labute approximate surface area is 176 Å². The Kier molecular flexibility index (Phi) is 6.63. The van der Waals surface area contributed by atoms with Gasteiger partial charge in [-0.05, 0) is 30.0 Å². The van der Waals surface area contributed by atoms with Crippen molar-refractivity contribution in [3.63, 3.8) is 0 Å². The quantitative estimate of drug-likeness (QED) is 0.812. The number of likely N-dealkylation sites (tertiary alicyclic amines) is 1. The van der Waals surface area contributed by atoms with Crippen LogP contribution in [0.1, 0.15) is 24.0 Å². The van der Waals surface area contributed by atoms with Gasteiger partial charge in [0.25, 0.3) is 0 Å². The number of hydrogen-bond donors (Lipinski definition) is 1. The highest BCUT2D eigenvalue weighted by atomic mass is 16.5. The summed E-state index contributed by atoms with van der Waals surface area (Å²) in [5.74, 6) is 0.235. The van der Waals surface area contributed by atoms with Crippen LogP contribution in [-0.4, -0.2) is 70.9 Å². The lowest BCUT2D eigenvalue weighted by Crippen LogP contribution is -2.49. The van der Waals surface area contributed by atoms with Gasteiger partial charge in [-0.2, -0.15) is 5.10 Å². The van der Waals surface area contributed by atoms with Crippen LogP contribution in [0.15, 0.2) is 42.7 Å². The summed E-state index contributed by atoms with van der Waals surface area (Å²) in [4.78, 5) is 28.9. The Bertz CT molecular complexity index is 840. The van der Waals surface area contributed by atoms with E-state index in [4.69, 9.17) is 4.74 Å². The number of ether oxygens (including phenoxy) is 1. The van der Waals surface area contributed by atoms with Crippen LogP contribution in [0.4, 0.5) is 4.79 Å². The number of nitrogens with zero attached hydrogens (tertiary/aromatic N) is 4. The lowest BCUT2D eigenvalue weighted by Gasteiger charge is -2.35. The van der Waals surface area contributed by atoms with Crippen LogP contribution in [-0.2, 0) is 22.6 Å². The molecule has 0 atom stereocenters. The van der Waals surface area contributed by atoms with Gasteiger partial charge in [0.1, 0.15) is 0 Å². The zero-order valence-corrected chi connectivity index (χ0v) is 17.2. The highest BCUT2D eigenvalue weighted by Crippen LogP contribution is 2.20. The Morgan fingerprint density at radius 1 is 1.03 bits per heavy atom. The van der Waals surface area contributed by atoms with Gasteiger partial charge in [-0.3, -0.25) is 9.48 Å². The molecule has 1 aromatic heterocycles. The monoisotopic (exact) mass is 411 g/mol. The van der Waals surface area contributed by atoms with Crippen LogP contribution in [0.25, 0.3) is 0 Å². The molecule has 30 heavy (non-hydrogen) atoms. The summed E-state index contributed by atoms with van der Waals surface area (Å²) >= 11 is 0. The number of amides is 3. The summed E-state index contributed by atoms with van der Waals surface area (Å²) in [6, 6.07) is 10.0. The third-order valence-electron chi connectivity index (χ3n) is 5.79. The molecule has 4 rings (SSSR count). The molecule has 2 aliphatic heterocycles. The first-order valence-electron chi connectivity index (χ1n) is 10.6. The second-order valence-electron chi connectivity index (χ2n) is 7.88. The highest BCUT2D eigenvalue weighted by Gasteiger charge is 2.30. The summed E-state index contributed by atoms with van der Waals surface area (Å²) in [7, 11) is 0. The first-order valence-corrected chi connectivity index (χ1v) is 10.6. The summed E-state index contributed by atoms with van der Waals surface area (Å²) in [6.07, 6.45) is 5.15. The molecule has 0 bridgehead atoms. The zero-order chi connectivity index (χ0) is 20.8. The van der Waals surface area contributed by atoms with Crippen molar-refractivity contribution in [2.24, 2.45) is 5.92 Å². The smallest absolute Gasteiger partial charge is 0.317 e. The highest BCUT2D eigenvalue weighted by molar-refractivity contribution is 5.80. The molecule has 0 saturated carbocycles. The van der Waals surface area contributed by atoms with Gasteiger partial charge in [0.2, 0.25) is 5.91 Å². The summed E-state index contributed by atoms with van der Waals surface area (Å²) in [5.41, 5.74) is 2.21. The van der Waals surface area contributed by atoms with Gasteiger partial charge in [0, 0.05) is 51.0 Å². The average molecular weight is 412 g/mol. The largest absolute Gasteiger partial charge is 0.378 e. The van der Waals surface area contributed by atoms with E-state index in [0.717, 1.165) is 24.0 Å². The van der Waals surface area contributed by atoms with Crippen molar-refractivity contribution in [1.82, 2.24) is 24.9 Å². The molecule has 2 aromatic rings. The van der Waals surface area contributed by atoms with Crippen LogP contribution in [0.2, 0.25) is 0 Å². The number of morpholine rings is 1. The van der Waals surface area contributed by atoms with Gasteiger partial charge in [0.05, 0.1) is 19.8 Å². The van der Waals surface area contributed by atoms with Crippen molar-refractivity contribution in [2.75, 3.05) is 39.4 Å². The van der Waals surface area contributed by atoms with Crippen molar-refractivity contribution in [3.05, 3.63) is 53.9 Å². The van der Waals surface area contributed by atoms with Gasteiger partial charge < -0.3 is 19.9 Å². The molecular formula is C22H29N5O3.